The third-order valence-corrected chi connectivity index (χ3v) is 4.30. The van der Waals surface area contributed by atoms with Crippen LogP contribution in [-0.2, 0) is 0 Å². The topological polar surface area (TPSA) is 0 Å². The van der Waals surface area contributed by atoms with Crippen molar-refractivity contribution in [1.29, 1.82) is 0 Å². The highest BCUT2D eigenvalue weighted by Gasteiger charge is 2.73. The third-order valence-electron chi connectivity index (χ3n) is 4.30. The van der Waals surface area contributed by atoms with Crippen molar-refractivity contribution in [3.8, 4) is 0 Å². The van der Waals surface area contributed by atoms with Crippen LogP contribution < -0.4 is 0 Å². The van der Waals surface area contributed by atoms with Gasteiger partial charge in [0.1, 0.15) is 0 Å². The van der Waals surface area contributed by atoms with Crippen LogP contribution in [0.15, 0.2) is 0 Å². The van der Waals surface area contributed by atoms with Crippen LogP contribution >= 0.6 is 0 Å². The van der Waals surface area contributed by atoms with Gasteiger partial charge in [-0.2, -0.15) is 0 Å². The molecule has 0 nitrogen and oxygen atoms in total. The van der Waals surface area contributed by atoms with Crippen LogP contribution in [-0.4, -0.2) is 0 Å². The Morgan fingerprint density at radius 2 is 1.30 bits per heavy atom. The summed E-state index contributed by atoms with van der Waals surface area (Å²) in [6.07, 6.45) is 2.98. The van der Waals surface area contributed by atoms with Crippen LogP contribution in [0.5, 0.6) is 0 Å². The fourth-order valence-electron chi connectivity index (χ4n) is 2.59. The van der Waals surface area contributed by atoms with Gasteiger partial charge in [0.15, 0.2) is 0 Å². The normalized spacial score (nSPS) is 54.9. The molecule has 0 heterocycles. The largest absolute Gasteiger partial charge is 0.0776 e. The Labute approximate surface area is 66.0 Å². The molecule has 0 aromatic heterocycles. The van der Waals surface area contributed by atoms with Crippen molar-refractivity contribution in [3.05, 3.63) is 0 Å². The summed E-state index contributed by atoms with van der Waals surface area (Å²) in [5.74, 6) is 1.02. The van der Waals surface area contributed by atoms with Gasteiger partial charge in [-0.1, -0.05) is 35.6 Å². The molecule has 0 amide bonds. The first-order chi connectivity index (χ1) is 3.61. The second-order valence-corrected chi connectivity index (χ2v) is 4.06. The molecule has 0 saturated heterocycles. The van der Waals surface area contributed by atoms with Crippen molar-refractivity contribution >= 4 is 0 Å². The van der Waals surface area contributed by atoms with E-state index in [1.807, 2.05) is 0 Å². The molecule has 2 saturated carbocycles. The molecule has 0 spiro atoms. The number of hydrogen-bond acceptors (Lipinski definition) is 0. The Balaban J connectivity index is 0.000000405. The molecule has 2 rings (SSSR count). The Morgan fingerprint density at radius 3 is 1.30 bits per heavy atom. The van der Waals surface area contributed by atoms with Crippen LogP contribution in [0.4, 0.5) is 0 Å². The predicted octanol–water partition coefficient (Wildman–Crippen LogP) is 3.71. The van der Waals surface area contributed by atoms with Gasteiger partial charge >= 0.3 is 0 Å². The minimum absolute atomic E-state index is 0. The van der Waals surface area contributed by atoms with Crippen molar-refractivity contribution < 1.29 is 0 Å². The maximum absolute atomic E-state index is 2.43. The summed E-state index contributed by atoms with van der Waals surface area (Å²) in [6, 6.07) is 0. The molecule has 2 unspecified atom stereocenters. The highest BCUT2D eigenvalue weighted by atomic mass is 14.8. The molecule has 62 valence electrons. The van der Waals surface area contributed by atoms with E-state index in [1.165, 1.54) is 12.8 Å². The molecular formula is C10H22. The maximum atomic E-state index is 2.43. The van der Waals surface area contributed by atoms with Gasteiger partial charge in [0, 0.05) is 0 Å². The van der Waals surface area contributed by atoms with Crippen molar-refractivity contribution in [3.63, 3.8) is 0 Å². The Bertz CT molecular complexity index is 123. The molecule has 2 fully saturated rings. The van der Waals surface area contributed by atoms with E-state index < -0.39 is 0 Å². The van der Waals surface area contributed by atoms with Gasteiger partial charge in [-0.15, -0.1) is 0 Å². The summed E-state index contributed by atoms with van der Waals surface area (Å²) in [7, 11) is 0. The SMILES string of the molecule is C.C.CC1C2(C)CC[C@]12C. The minimum Gasteiger partial charge on any atom is -0.0776 e. The quantitative estimate of drug-likeness (QED) is 0.483. The first-order valence-electron chi connectivity index (χ1n) is 3.61. The van der Waals surface area contributed by atoms with E-state index >= 15 is 0 Å². The van der Waals surface area contributed by atoms with E-state index in [9.17, 15) is 0 Å². The average molecular weight is 142 g/mol. The highest BCUT2D eigenvalue weighted by molar-refractivity contribution is 5.22. The molecule has 3 atom stereocenters. The molecule has 0 N–H and O–H groups in total. The minimum atomic E-state index is 0. The van der Waals surface area contributed by atoms with E-state index in [0.29, 0.717) is 0 Å². The molecule has 0 aliphatic heterocycles. The summed E-state index contributed by atoms with van der Waals surface area (Å²) in [4.78, 5) is 0. The second kappa shape index (κ2) is 1.99. The third kappa shape index (κ3) is 0.580. The van der Waals surface area contributed by atoms with Crippen molar-refractivity contribution in [2.75, 3.05) is 0 Å². The Kier molecular flexibility index (Phi) is 1.99. The zero-order valence-corrected chi connectivity index (χ0v) is 5.99. The molecule has 0 aromatic rings. The van der Waals surface area contributed by atoms with Crippen LogP contribution in [0.2, 0.25) is 0 Å². The van der Waals surface area contributed by atoms with Crippen molar-refractivity contribution in [2.24, 2.45) is 16.7 Å². The lowest BCUT2D eigenvalue weighted by Gasteiger charge is -2.28. The van der Waals surface area contributed by atoms with Crippen molar-refractivity contribution in [1.82, 2.24) is 0 Å². The van der Waals surface area contributed by atoms with Crippen molar-refractivity contribution in [2.45, 2.75) is 48.5 Å². The van der Waals surface area contributed by atoms with Crippen LogP contribution in [0.3, 0.4) is 0 Å². The molecule has 0 aromatic carbocycles. The van der Waals surface area contributed by atoms with Crippen LogP contribution in [0, 0.1) is 16.7 Å². The lowest BCUT2D eigenvalue weighted by Crippen LogP contribution is -2.18. The molecule has 10 heavy (non-hydrogen) atoms. The molecular weight excluding hydrogens is 120 g/mol. The number of hydrogen-bond donors (Lipinski definition) is 0. The molecule has 0 radical (unpaired) electrons. The van der Waals surface area contributed by atoms with E-state index in [0.717, 1.165) is 16.7 Å². The van der Waals surface area contributed by atoms with E-state index in [2.05, 4.69) is 20.8 Å². The maximum Gasteiger partial charge on any atom is -0.0238 e. The lowest BCUT2D eigenvalue weighted by atomic mass is 9.77. The molecule has 0 bridgehead atoms. The number of fused-ring (bicyclic) bond motifs is 1. The van der Waals surface area contributed by atoms with Gasteiger partial charge in [-0.25, -0.2) is 0 Å². The van der Waals surface area contributed by atoms with Gasteiger partial charge in [-0.05, 0) is 29.6 Å². The first-order valence-corrected chi connectivity index (χ1v) is 3.61. The smallest absolute Gasteiger partial charge is 0.0238 e. The molecule has 2 aliphatic rings. The summed E-state index contributed by atoms with van der Waals surface area (Å²) in [5, 5.41) is 0. The van der Waals surface area contributed by atoms with E-state index in [-0.39, 0.29) is 14.9 Å². The zero-order chi connectivity index (χ0) is 5.99. The van der Waals surface area contributed by atoms with Gasteiger partial charge in [0.25, 0.3) is 0 Å². The summed E-state index contributed by atoms with van der Waals surface area (Å²) in [5.41, 5.74) is 1.57. The second-order valence-electron chi connectivity index (χ2n) is 4.06. The summed E-state index contributed by atoms with van der Waals surface area (Å²) < 4.78 is 0. The molecule has 2 aliphatic carbocycles. The van der Waals surface area contributed by atoms with Gasteiger partial charge < -0.3 is 0 Å². The Hall–Kier alpha value is 0. The fourth-order valence-corrected chi connectivity index (χ4v) is 2.59. The average Bonchev–Trinajstić information content (AvgIpc) is 1.98. The summed E-state index contributed by atoms with van der Waals surface area (Å²) in [6.45, 7) is 7.26. The van der Waals surface area contributed by atoms with Crippen LogP contribution in [0.25, 0.3) is 0 Å². The number of rotatable bonds is 0. The monoisotopic (exact) mass is 142 g/mol. The van der Waals surface area contributed by atoms with E-state index in [1.54, 1.807) is 0 Å². The Morgan fingerprint density at radius 1 is 1.00 bits per heavy atom. The summed E-state index contributed by atoms with van der Waals surface area (Å²) >= 11 is 0. The fraction of sp³-hybridized carbons (Fsp3) is 1.00. The van der Waals surface area contributed by atoms with E-state index in [4.69, 9.17) is 0 Å². The standard InChI is InChI=1S/C8H14.2CH4/c1-6-7(2)4-5-8(6,7)3;;/h6H,4-5H2,1-3H3;2*1H4/t6?,7-,8?;;/m1../s1. The zero-order valence-electron chi connectivity index (χ0n) is 5.99. The highest BCUT2D eigenvalue weighted by Crippen LogP contribution is 2.81. The van der Waals surface area contributed by atoms with Gasteiger partial charge in [0.2, 0.25) is 0 Å². The predicted molar refractivity (Wildman–Crippen MR) is 48.1 cm³/mol. The van der Waals surface area contributed by atoms with Gasteiger partial charge in [0.05, 0.1) is 0 Å². The molecule has 0 heteroatoms. The lowest BCUT2D eigenvalue weighted by molar-refractivity contribution is 0.219. The first kappa shape index (κ1) is 10.0. The van der Waals surface area contributed by atoms with Crippen LogP contribution in [0.1, 0.15) is 48.5 Å². The van der Waals surface area contributed by atoms with Gasteiger partial charge in [-0.3, -0.25) is 0 Å².